The quantitative estimate of drug-likeness (QED) is 0.296. The van der Waals surface area contributed by atoms with Gasteiger partial charge in [-0.3, -0.25) is 25.1 Å². The van der Waals surface area contributed by atoms with Crippen molar-refractivity contribution in [3.63, 3.8) is 0 Å². The van der Waals surface area contributed by atoms with E-state index in [2.05, 4.69) is 31.4 Å². The number of hydrogen-bond donors (Lipinski definition) is 3. The molecule has 2 amide bonds. The van der Waals surface area contributed by atoms with Crippen LogP contribution in [0, 0.1) is 16.7 Å². The second-order valence-electron chi connectivity index (χ2n) is 9.02. The van der Waals surface area contributed by atoms with Gasteiger partial charge in [-0.1, -0.05) is 48.0 Å². The number of amides is 2. The lowest BCUT2D eigenvalue weighted by Gasteiger charge is -2.29. The molecule has 3 N–H and O–H groups in total. The number of nitrogens with one attached hydrogen (secondary N) is 2. The monoisotopic (exact) mass is 369 g/mol. The fourth-order valence-corrected chi connectivity index (χ4v) is 3.59. The Morgan fingerprint density at radius 2 is 1.77 bits per heavy atom. The number of aliphatic hydroxyl groups excluding tert-OH is 1. The Hall–Kier alpha value is -0.980. The SMILES string of the molecule is CCC1(C(C)C)CC(=O)N(CCNC(O)NCCCCC(C)(C)C)C1=O. The molecular weight excluding hydrogens is 330 g/mol. The molecule has 0 aromatic heterocycles. The molecule has 6 nitrogen and oxygen atoms in total. The van der Waals surface area contributed by atoms with Crippen molar-refractivity contribution >= 4 is 11.8 Å². The topological polar surface area (TPSA) is 81.7 Å². The Kier molecular flexibility index (Phi) is 8.70. The van der Waals surface area contributed by atoms with E-state index >= 15 is 0 Å². The largest absolute Gasteiger partial charge is 0.365 e. The number of carbonyl (C=O) groups is 2. The van der Waals surface area contributed by atoms with Crippen LogP contribution in [0.5, 0.6) is 0 Å². The van der Waals surface area contributed by atoms with E-state index in [9.17, 15) is 14.7 Å². The summed E-state index contributed by atoms with van der Waals surface area (Å²) in [4.78, 5) is 26.3. The second kappa shape index (κ2) is 9.81. The van der Waals surface area contributed by atoms with Crippen molar-refractivity contribution in [2.45, 2.75) is 80.0 Å². The first-order valence-electron chi connectivity index (χ1n) is 10.0. The van der Waals surface area contributed by atoms with Gasteiger partial charge in [0.2, 0.25) is 11.8 Å². The van der Waals surface area contributed by atoms with Crippen LogP contribution in [0.25, 0.3) is 0 Å². The molecule has 0 aromatic carbocycles. The van der Waals surface area contributed by atoms with Crippen LogP contribution in [0.1, 0.15) is 73.6 Å². The van der Waals surface area contributed by atoms with Gasteiger partial charge in [-0.25, -0.2) is 0 Å². The van der Waals surface area contributed by atoms with E-state index in [-0.39, 0.29) is 17.7 Å². The number of imide groups is 1. The summed E-state index contributed by atoms with van der Waals surface area (Å²) >= 11 is 0. The lowest BCUT2D eigenvalue weighted by Crippen LogP contribution is -2.47. The van der Waals surface area contributed by atoms with Crippen LogP contribution < -0.4 is 10.6 Å². The van der Waals surface area contributed by atoms with E-state index in [1.54, 1.807) is 0 Å². The summed E-state index contributed by atoms with van der Waals surface area (Å²) in [5.41, 5.74) is -0.212. The van der Waals surface area contributed by atoms with Gasteiger partial charge in [0, 0.05) is 19.5 Å². The summed E-state index contributed by atoms with van der Waals surface area (Å²) in [6.45, 7) is 14.1. The molecule has 1 rings (SSSR count). The van der Waals surface area contributed by atoms with Crippen LogP contribution in [0.3, 0.4) is 0 Å². The first-order chi connectivity index (χ1) is 12.0. The van der Waals surface area contributed by atoms with E-state index in [1.807, 2.05) is 20.8 Å². The first kappa shape index (κ1) is 23.1. The van der Waals surface area contributed by atoms with E-state index < -0.39 is 11.8 Å². The summed E-state index contributed by atoms with van der Waals surface area (Å²) < 4.78 is 0. The van der Waals surface area contributed by atoms with Gasteiger partial charge in [-0.05, 0) is 37.1 Å². The maximum Gasteiger partial charge on any atom is 0.236 e. The molecule has 0 radical (unpaired) electrons. The van der Waals surface area contributed by atoms with E-state index in [0.29, 0.717) is 31.3 Å². The van der Waals surface area contributed by atoms with E-state index in [4.69, 9.17) is 0 Å². The molecule has 0 aromatic rings. The number of unbranched alkanes of at least 4 members (excludes halogenated alkanes) is 1. The number of hydrogen-bond acceptors (Lipinski definition) is 5. The maximum absolute atomic E-state index is 12.7. The normalized spacial score (nSPS) is 22.5. The minimum Gasteiger partial charge on any atom is -0.365 e. The Morgan fingerprint density at radius 1 is 1.15 bits per heavy atom. The molecule has 0 aliphatic carbocycles. The van der Waals surface area contributed by atoms with Crippen molar-refractivity contribution in [3.8, 4) is 0 Å². The highest BCUT2D eigenvalue weighted by Crippen LogP contribution is 2.42. The Morgan fingerprint density at radius 3 is 2.27 bits per heavy atom. The van der Waals surface area contributed by atoms with Crippen molar-refractivity contribution < 1.29 is 14.7 Å². The number of carbonyl (C=O) groups excluding carboxylic acids is 2. The molecule has 1 saturated heterocycles. The van der Waals surface area contributed by atoms with Gasteiger partial charge in [-0.15, -0.1) is 0 Å². The lowest BCUT2D eigenvalue weighted by molar-refractivity contribution is -0.142. The third kappa shape index (κ3) is 6.32. The Balaban J connectivity index is 2.30. The number of rotatable bonds is 11. The molecular formula is C20H39N3O3. The zero-order valence-electron chi connectivity index (χ0n) is 17.5. The van der Waals surface area contributed by atoms with Gasteiger partial charge < -0.3 is 5.11 Å². The van der Waals surface area contributed by atoms with Crippen LogP contribution in [0.4, 0.5) is 0 Å². The molecule has 0 saturated carbocycles. The van der Waals surface area contributed by atoms with E-state index in [1.165, 1.54) is 4.90 Å². The van der Waals surface area contributed by atoms with Crippen molar-refractivity contribution in [1.82, 2.24) is 15.5 Å². The zero-order valence-corrected chi connectivity index (χ0v) is 17.5. The average Bonchev–Trinajstić information content (AvgIpc) is 2.78. The van der Waals surface area contributed by atoms with Gasteiger partial charge in [0.05, 0.1) is 5.41 Å². The molecule has 26 heavy (non-hydrogen) atoms. The van der Waals surface area contributed by atoms with Crippen molar-refractivity contribution in [3.05, 3.63) is 0 Å². The van der Waals surface area contributed by atoms with E-state index in [0.717, 1.165) is 25.8 Å². The fraction of sp³-hybridized carbons (Fsp3) is 0.900. The fourth-order valence-electron chi connectivity index (χ4n) is 3.59. The summed E-state index contributed by atoms with van der Waals surface area (Å²) in [5, 5.41) is 15.9. The molecule has 0 spiro atoms. The van der Waals surface area contributed by atoms with Crippen LogP contribution >= 0.6 is 0 Å². The molecule has 2 atom stereocenters. The molecule has 1 heterocycles. The molecule has 1 fully saturated rings. The van der Waals surface area contributed by atoms with Crippen LogP contribution in [-0.2, 0) is 9.59 Å². The van der Waals surface area contributed by atoms with Crippen LogP contribution in [-0.4, -0.2) is 47.8 Å². The van der Waals surface area contributed by atoms with Gasteiger partial charge in [0.25, 0.3) is 0 Å². The van der Waals surface area contributed by atoms with Gasteiger partial charge in [0.15, 0.2) is 6.35 Å². The minimum absolute atomic E-state index is 0.0635. The zero-order chi connectivity index (χ0) is 20.0. The molecule has 1 aliphatic rings. The van der Waals surface area contributed by atoms with Crippen LogP contribution in [0.2, 0.25) is 0 Å². The second-order valence-corrected chi connectivity index (χ2v) is 9.02. The summed E-state index contributed by atoms with van der Waals surface area (Å²) in [7, 11) is 0. The number of aliphatic hydroxyl groups is 1. The summed E-state index contributed by atoms with van der Waals surface area (Å²) in [6, 6.07) is 0. The first-order valence-corrected chi connectivity index (χ1v) is 10.0. The predicted molar refractivity (Wildman–Crippen MR) is 104 cm³/mol. The maximum atomic E-state index is 12.7. The minimum atomic E-state index is -0.821. The Labute approximate surface area is 159 Å². The standard InChI is InChI=1S/C20H39N3O3/c1-7-20(15(2)3)14-16(24)23(17(20)25)13-12-22-18(26)21-11-9-8-10-19(4,5)6/h15,18,21-22,26H,7-14H2,1-6H3. The third-order valence-electron chi connectivity index (χ3n) is 5.54. The lowest BCUT2D eigenvalue weighted by atomic mass is 9.73. The molecule has 152 valence electrons. The summed E-state index contributed by atoms with van der Waals surface area (Å²) in [6.07, 6.45) is 3.44. The van der Waals surface area contributed by atoms with Crippen molar-refractivity contribution in [2.75, 3.05) is 19.6 Å². The highest BCUT2D eigenvalue weighted by Gasteiger charge is 2.51. The molecule has 0 bridgehead atoms. The predicted octanol–water partition coefficient (Wildman–Crippen LogP) is 2.47. The average molecular weight is 370 g/mol. The van der Waals surface area contributed by atoms with Gasteiger partial charge in [-0.2, -0.15) is 0 Å². The Bertz CT molecular complexity index is 473. The third-order valence-corrected chi connectivity index (χ3v) is 5.54. The van der Waals surface area contributed by atoms with Crippen molar-refractivity contribution in [2.24, 2.45) is 16.7 Å². The highest BCUT2D eigenvalue weighted by molar-refractivity contribution is 6.06. The number of nitrogens with zero attached hydrogens (tertiary/aromatic N) is 1. The van der Waals surface area contributed by atoms with Crippen LogP contribution in [0.15, 0.2) is 0 Å². The molecule has 6 heteroatoms. The van der Waals surface area contributed by atoms with Gasteiger partial charge in [0.1, 0.15) is 0 Å². The summed E-state index contributed by atoms with van der Waals surface area (Å²) in [5.74, 6) is -0.0225. The smallest absolute Gasteiger partial charge is 0.236 e. The molecule has 2 unspecified atom stereocenters. The molecule has 1 aliphatic heterocycles. The van der Waals surface area contributed by atoms with Gasteiger partial charge >= 0.3 is 0 Å². The highest BCUT2D eigenvalue weighted by atomic mass is 16.3. The number of likely N-dealkylation sites (tertiary alicyclic amines) is 1. The van der Waals surface area contributed by atoms with Crippen molar-refractivity contribution in [1.29, 1.82) is 0 Å².